The average Bonchev–Trinajstić information content (AvgIpc) is 3.02. The summed E-state index contributed by atoms with van der Waals surface area (Å²) in [7, 11) is 0. The van der Waals surface area contributed by atoms with Crippen molar-refractivity contribution in [2.75, 3.05) is 5.32 Å². The first-order valence-electron chi connectivity index (χ1n) is 7.75. The number of ketones is 1. The van der Waals surface area contributed by atoms with E-state index < -0.39 is 0 Å². The molecule has 23 heavy (non-hydrogen) atoms. The quantitative estimate of drug-likeness (QED) is 0.833. The van der Waals surface area contributed by atoms with Gasteiger partial charge in [0.25, 0.3) is 0 Å². The van der Waals surface area contributed by atoms with Gasteiger partial charge < -0.3 is 10.3 Å². The Bertz CT molecular complexity index is 808. The highest BCUT2D eigenvalue weighted by Gasteiger charge is 2.15. The van der Waals surface area contributed by atoms with Crippen LogP contribution in [-0.4, -0.2) is 16.7 Å². The Morgan fingerprint density at radius 2 is 1.91 bits per heavy atom. The number of hydrogen-bond donors (Lipinski definition) is 2. The van der Waals surface area contributed by atoms with Gasteiger partial charge in [0.2, 0.25) is 11.3 Å². The summed E-state index contributed by atoms with van der Waals surface area (Å²) >= 11 is 0. The van der Waals surface area contributed by atoms with E-state index in [-0.39, 0.29) is 35.6 Å². The number of aromatic nitrogens is 1. The summed E-state index contributed by atoms with van der Waals surface area (Å²) in [6.07, 6.45) is 6.37. The molecule has 0 fully saturated rings. The molecule has 0 atom stereocenters. The van der Waals surface area contributed by atoms with Gasteiger partial charge in [0, 0.05) is 36.9 Å². The predicted octanol–water partition coefficient (Wildman–Crippen LogP) is 2.47. The standard InChI is InChI=1S/C18H18N2O3/c21-16(14-5-4-12-2-1-3-13(12)10-14)6-7-18(23)20-15-11-19-9-8-17(15)22/h4-5,8-11H,1-3,6-7H2,(H,19,22)(H,20,23). The smallest absolute Gasteiger partial charge is 0.224 e. The minimum absolute atomic E-state index is 0.0446. The second kappa shape index (κ2) is 6.60. The van der Waals surface area contributed by atoms with Crippen LogP contribution in [0.2, 0.25) is 0 Å². The van der Waals surface area contributed by atoms with Crippen molar-refractivity contribution >= 4 is 17.4 Å². The maximum absolute atomic E-state index is 12.2. The summed E-state index contributed by atoms with van der Waals surface area (Å²) < 4.78 is 0. The molecule has 0 spiro atoms. The first-order chi connectivity index (χ1) is 11.1. The highest BCUT2D eigenvalue weighted by atomic mass is 16.2. The van der Waals surface area contributed by atoms with Crippen molar-refractivity contribution in [2.45, 2.75) is 32.1 Å². The number of anilines is 1. The maximum Gasteiger partial charge on any atom is 0.224 e. The van der Waals surface area contributed by atoms with E-state index in [0.717, 1.165) is 19.3 Å². The van der Waals surface area contributed by atoms with E-state index in [1.54, 1.807) is 0 Å². The van der Waals surface area contributed by atoms with Gasteiger partial charge in [-0.05, 0) is 36.5 Å². The molecule has 5 nitrogen and oxygen atoms in total. The minimum atomic E-state index is -0.337. The molecule has 118 valence electrons. The monoisotopic (exact) mass is 310 g/mol. The Labute approximate surface area is 133 Å². The van der Waals surface area contributed by atoms with Gasteiger partial charge in [-0.3, -0.25) is 14.4 Å². The summed E-state index contributed by atoms with van der Waals surface area (Å²) in [4.78, 5) is 38.4. The Balaban J connectivity index is 1.57. The normalized spacial score (nSPS) is 12.7. The maximum atomic E-state index is 12.2. The minimum Gasteiger partial charge on any atom is -0.366 e. The SMILES string of the molecule is O=C(CCC(=O)c1ccc2c(c1)CCC2)Nc1c[nH]ccc1=O. The van der Waals surface area contributed by atoms with Gasteiger partial charge in [-0.25, -0.2) is 0 Å². The summed E-state index contributed by atoms with van der Waals surface area (Å²) in [5, 5.41) is 2.52. The second-order valence-corrected chi connectivity index (χ2v) is 5.73. The molecule has 1 aliphatic rings. The zero-order chi connectivity index (χ0) is 16.2. The number of rotatable bonds is 5. The van der Waals surface area contributed by atoms with Crippen molar-refractivity contribution in [3.05, 3.63) is 63.6 Å². The van der Waals surface area contributed by atoms with E-state index in [0.29, 0.717) is 5.56 Å². The van der Waals surface area contributed by atoms with Crippen LogP contribution in [0.4, 0.5) is 5.69 Å². The number of benzene rings is 1. The lowest BCUT2D eigenvalue weighted by Crippen LogP contribution is -2.18. The Morgan fingerprint density at radius 3 is 2.74 bits per heavy atom. The van der Waals surface area contributed by atoms with Crippen LogP contribution in [0.5, 0.6) is 0 Å². The highest BCUT2D eigenvalue weighted by Crippen LogP contribution is 2.23. The van der Waals surface area contributed by atoms with Crippen molar-refractivity contribution in [1.82, 2.24) is 4.98 Å². The van der Waals surface area contributed by atoms with Crippen LogP contribution in [-0.2, 0) is 17.6 Å². The van der Waals surface area contributed by atoms with Gasteiger partial charge in [-0.2, -0.15) is 0 Å². The molecular weight excluding hydrogens is 292 g/mol. The van der Waals surface area contributed by atoms with Crippen LogP contribution in [0.3, 0.4) is 0 Å². The first-order valence-corrected chi connectivity index (χ1v) is 7.75. The highest BCUT2D eigenvalue weighted by molar-refractivity contribution is 6.00. The number of carbonyl (C=O) groups is 2. The van der Waals surface area contributed by atoms with E-state index in [4.69, 9.17) is 0 Å². The zero-order valence-corrected chi connectivity index (χ0v) is 12.7. The molecule has 0 saturated carbocycles. The lowest BCUT2D eigenvalue weighted by Gasteiger charge is -2.06. The molecule has 0 unspecified atom stereocenters. The first kappa shape index (κ1) is 15.2. The molecule has 0 bridgehead atoms. The van der Waals surface area contributed by atoms with E-state index in [2.05, 4.69) is 10.3 Å². The molecule has 1 amide bonds. The van der Waals surface area contributed by atoms with Crippen LogP contribution >= 0.6 is 0 Å². The third-order valence-electron chi connectivity index (χ3n) is 4.10. The van der Waals surface area contributed by atoms with Crippen molar-refractivity contribution < 1.29 is 9.59 Å². The summed E-state index contributed by atoms with van der Waals surface area (Å²) in [6, 6.07) is 7.14. The lowest BCUT2D eigenvalue weighted by molar-refractivity contribution is -0.116. The fourth-order valence-corrected chi connectivity index (χ4v) is 2.84. The molecular formula is C18H18N2O3. The van der Waals surface area contributed by atoms with E-state index in [1.807, 2.05) is 18.2 Å². The van der Waals surface area contributed by atoms with Gasteiger partial charge in [0.15, 0.2) is 5.78 Å². The zero-order valence-electron chi connectivity index (χ0n) is 12.7. The van der Waals surface area contributed by atoms with Gasteiger partial charge in [-0.15, -0.1) is 0 Å². The molecule has 0 saturated heterocycles. The number of nitrogens with one attached hydrogen (secondary N) is 2. The topological polar surface area (TPSA) is 79.0 Å². The summed E-state index contributed by atoms with van der Waals surface area (Å²) in [6.45, 7) is 0. The van der Waals surface area contributed by atoms with Crippen molar-refractivity contribution in [2.24, 2.45) is 0 Å². The number of aromatic amines is 1. The molecule has 1 aromatic heterocycles. The molecule has 0 aliphatic heterocycles. The number of fused-ring (bicyclic) bond motifs is 1. The third-order valence-corrected chi connectivity index (χ3v) is 4.10. The Kier molecular flexibility index (Phi) is 4.37. The molecule has 5 heteroatoms. The van der Waals surface area contributed by atoms with E-state index in [1.165, 1.54) is 29.6 Å². The average molecular weight is 310 g/mol. The Hall–Kier alpha value is -2.69. The van der Waals surface area contributed by atoms with Crippen LogP contribution in [0.25, 0.3) is 0 Å². The lowest BCUT2D eigenvalue weighted by atomic mass is 10.0. The van der Waals surface area contributed by atoms with Gasteiger partial charge in [0.05, 0.1) is 0 Å². The molecule has 2 N–H and O–H groups in total. The number of hydrogen-bond acceptors (Lipinski definition) is 3. The van der Waals surface area contributed by atoms with Crippen LogP contribution in [0, 0.1) is 0 Å². The number of H-pyrrole nitrogens is 1. The number of Topliss-reactive ketones (excluding diaryl/α,β-unsaturated/α-hetero) is 1. The molecule has 1 heterocycles. The van der Waals surface area contributed by atoms with E-state index in [9.17, 15) is 14.4 Å². The van der Waals surface area contributed by atoms with Gasteiger partial charge >= 0.3 is 0 Å². The number of carbonyl (C=O) groups excluding carboxylic acids is 2. The molecule has 1 aromatic carbocycles. The van der Waals surface area contributed by atoms with Crippen LogP contribution < -0.4 is 10.7 Å². The largest absolute Gasteiger partial charge is 0.366 e. The number of pyridine rings is 1. The fourth-order valence-electron chi connectivity index (χ4n) is 2.84. The molecule has 3 rings (SSSR count). The van der Waals surface area contributed by atoms with E-state index >= 15 is 0 Å². The van der Waals surface area contributed by atoms with Crippen molar-refractivity contribution in [3.63, 3.8) is 0 Å². The third kappa shape index (κ3) is 3.56. The number of amides is 1. The predicted molar refractivity (Wildman–Crippen MR) is 87.7 cm³/mol. The summed E-state index contributed by atoms with van der Waals surface area (Å²) in [5.41, 5.74) is 3.17. The van der Waals surface area contributed by atoms with Crippen molar-refractivity contribution in [1.29, 1.82) is 0 Å². The van der Waals surface area contributed by atoms with Crippen molar-refractivity contribution in [3.8, 4) is 0 Å². The van der Waals surface area contributed by atoms with Crippen LogP contribution in [0.15, 0.2) is 41.5 Å². The van der Waals surface area contributed by atoms with Gasteiger partial charge in [0.1, 0.15) is 5.69 Å². The molecule has 0 radical (unpaired) electrons. The molecule has 1 aliphatic carbocycles. The van der Waals surface area contributed by atoms with Gasteiger partial charge in [-0.1, -0.05) is 12.1 Å². The number of aryl methyl sites for hydroxylation is 2. The molecule has 2 aromatic rings. The van der Waals surface area contributed by atoms with Crippen LogP contribution in [0.1, 0.15) is 40.7 Å². The Morgan fingerprint density at radius 1 is 1.09 bits per heavy atom. The fraction of sp³-hybridized carbons (Fsp3) is 0.278. The second-order valence-electron chi connectivity index (χ2n) is 5.73. The summed E-state index contributed by atoms with van der Waals surface area (Å²) in [5.74, 6) is -0.381.